The molecule has 3 heterocycles. The van der Waals surface area contributed by atoms with Crippen molar-refractivity contribution >= 4 is 28.4 Å². The molecule has 0 spiro atoms. The Morgan fingerprint density at radius 3 is 2.62 bits per heavy atom. The Kier molecular flexibility index (Phi) is 5.23. The Morgan fingerprint density at radius 1 is 1.21 bits per heavy atom. The molecule has 1 saturated heterocycles. The second-order valence-electron chi connectivity index (χ2n) is 7.12. The minimum absolute atomic E-state index is 0.203. The molecule has 9 heteroatoms. The van der Waals surface area contributed by atoms with Gasteiger partial charge in [0.05, 0.1) is 11.4 Å². The normalized spacial score (nSPS) is 14.3. The lowest BCUT2D eigenvalue weighted by Gasteiger charge is -2.34. The van der Waals surface area contributed by atoms with E-state index in [1.807, 2.05) is 32.2 Å². The Morgan fingerprint density at radius 2 is 1.97 bits per heavy atom. The molecule has 4 rings (SSSR count). The van der Waals surface area contributed by atoms with Gasteiger partial charge >= 0.3 is 6.03 Å². The van der Waals surface area contributed by atoms with Crippen LogP contribution in [0.25, 0.3) is 11.3 Å². The van der Waals surface area contributed by atoms with Gasteiger partial charge in [-0.15, -0.1) is 11.3 Å². The number of rotatable bonds is 3. The monoisotopic (exact) mass is 415 g/mol. The summed E-state index contributed by atoms with van der Waals surface area (Å²) in [6.45, 7) is 7.99. The number of carbonyl (C=O) groups excluding carboxylic acids is 1. The summed E-state index contributed by atoms with van der Waals surface area (Å²) in [7, 11) is 0. The first-order valence-corrected chi connectivity index (χ1v) is 10.3. The molecule has 1 aliphatic rings. The smallest absolute Gasteiger partial charge is 0.324 e. The molecule has 0 saturated carbocycles. The number of benzene rings is 1. The Balaban J connectivity index is 1.38. The highest BCUT2D eigenvalue weighted by atomic mass is 32.1. The second-order valence-corrected chi connectivity index (χ2v) is 7.96. The third-order valence-electron chi connectivity index (χ3n) is 5.11. The molecule has 3 aromatic rings. The van der Waals surface area contributed by atoms with Crippen molar-refractivity contribution in [1.29, 1.82) is 0 Å². The molecule has 1 N–H and O–H groups in total. The Labute approximate surface area is 172 Å². The van der Waals surface area contributed by atoms with E-state index in [1.54, 1.807) is 11.0 Å². The zero-order chi connectivity index (χ0) is 20.5. The Bertz CT molecular complexity index is 1040. The van der Waals surface area contributed by atoms with Crippen LogP contribution in [0.4, 0.5) is 20.2 Å². The molecule has 1 aromatic carbocycles. The van der Waals surface area contributed by atoms with Gasteiger partial charge in [-0.25, -0.2) is 14.2 Å². The van der Waals surface area contributed by atoms with E-state index in [-0.39, 0.29) is 11.8 Å². The summed E-state index contributed by atoms with van der Waals surface area (Å²) < 4.78 is 19.4. The van der Waals surface area contributed by atoms with Gasteiger partial charge in [-0.2, -0.15) is 0 Å². The Hall–Kier alpha value is -2.94. The van der Waals surface area contributed by atoms with E-state index >= 15 is 0 Å². The highest BCUT2D eigenvalue weighted by Crippen LogP contribution is 2.30. The van der Waals surface area contributed by atoms with Gasteiger partial charge < -0.3 is 14.3 Å². The predicted octanol–water partition coefficient (Wildman–Crippen LogP) is 4.22. The zero-order valence-electron chi connectivity index (χ0n) is 16.5. The first kappa shape index (κ1) is 19.4. The first-order chi connectivity index (χ1) is 13.9. The molecule has 0 unspecified atom stereocenters. The predicted molar refractivity (Wildman–Crippen MR) is 111 cm³/mol. The molecule has 29 heavy (non-hydrogen) atoms. The minimum atomic E-state index is -0.263. The minimum Gasteiger partial charge on any atom is -0.345 e. The summed E-state index contributed by atoms with van der Waals surface area (Å²) in [5.41, 5.74) is 3.62. The first-order valence-electron chi connectivity index (χ1n) is 9.38. The number of nitrogens with one attached hydrogen (secondary N) is 1. The van der Waals surface area contributed by atoms with Crippen molar-refractivity contribution in [3.05, 3.63) is 46.2 Å². The number of carbonyl (C=O) groups is 1. The van der Waals surface area contributed by atoms with E-state index < -0.39 is 0 Å². The molecule has 0 bridgehead atoms. The SMILES string of the molecule is Cc1ccc(-c2csc(N3CCN(C(=O)Nc4onc(C)c4C)CC3)n2)c(F)c1. The zero-order valence-corrected chi connectivity index (χ0v) is 17.3. The number of hydrogen-bond acceptors (Lipinski definition) is 6. The van der Waals surface area contributed by atoms with Crippen LogP contribution < -0.4 is 10.2 Å². The van der Waals surface area contributed by atoms with Crippen LogP contribution in [-0.4, -0.2) is 47.3 Å². The fraction of sp³-hybridized carbons (Fsp3) is 0.350. The maximum atomic E-state index is 14.2. The van der Waals surface area contributed by atoms with E-state index in [1.165, 1.54) is 17.4 Å². The van der Waals surface area contributed by atoms with Crippen molar-refractivity contribution in [2.24, 2.45) is 0 Å². The second kappa shape index (κ2) is 7.82. The highest BCUT2D eigenvalue weighted by molar-refractivity contribution is 7.14. The van der Waals surface area contributed by atoms with Crippen molar-refractivity contribution < 1.29 is 13.7 Å². The van der Waals surface area contributed by atoms with Gasteiger partial charge in [-0.05, 0) is 38.5 Å². The molecule has 0 radical (unpaired) electrons. The molecular weight excluding hydrogens is 393 g/mol. The van der Waals surface area contributed by atoms with Crippen molar-refractivity contribution in [2.45, 2.75) is 20.8 Å². The molecule has 2 aromatic heterocycles. The standard InChI is InChI=1S/C20H22FN5O2S/c1-12-4-5-15(16(21)10-12)17-11-29-20(22-17)26-8-6-25(7-9-26)19(27)23-18-13(2)14(3)24-28-18/h4-5,10-11H,6-9H2,1-3H3,(H,23,27). The molecule has 0 atom stereocenters. The van der Waals surface area contributed by atoms with Crippen LogP contribution in [0.1, 0.15) is 16.8 Å². The lowest BCUT2D eigenvalue weighted by atomic mass is 10.1. The summed E-state index contributed by atoms with van der Waals surface area (Å²) in [5.74, 6) is 0.126. The van der Waals surface area contributed by atoms with Crippen molar-refractivity contribution in [2.75, 3.05) is 36.4 Å². The average molecular weight is 415 g/mol. The van der Waals surface area contributed by atoms with Gasteiger partial charge in [0.15, 0.2) is 5.13 Å². The van der Waals surface area contributed by atoms with Gasteiger partial charge in [-0.3, -0.25) is 5.32 Å². The van der Waals surface area contributed by atoms with Gasteiger partial charge in [0, 0.05) is 42.7 Å². The summed E-state index contributed by atoms with van der Waals surface area (Å²) in [4.78, 5) is 20.9. The van der Waals surface area contributed by atoms with Gasteiger partial charge in [0.1, 0.15) is 5.82 Å². The number of aromatic nitrogens is 2. The number of thiazole rings is 1. The maximum Gasteiger partial charge on any atom is 0.324 e. The van der Waals surface area contributed by atoms with Crippen LogP contribution in [0, 0.1) is 26.6 Å². The summed E-state index contributed by atoms with van der Waals surface area (Å²) in [5, 5.41) is 9.34. The van der Waals surface area contributed by atoms with E-state index in [4.69, 9.17) is 4.52 Å². The third kappa shape index (κ3) is 3.95. The number of amides is 2. The number of aryl methyl sites for hydroxylation is 2. The molecule has 2 amide bonds. The number of urea groups is 1. The average Bonchev–Trinajstić information content (AvgIpc) is 3.31. The molecule has 152 valence electrons. The van der Waals surface area contributed by atoms with E-state index in [9.17, 15) is 9.18 Å². The van der Waals surface area contributed by atoms with E-state index in [0.717, 1.165) is 22.0 Å². The quantitative estimate of drug-likeness (QED) is 0.693. The van der Waals surface area contributed by atoms with Crippen LogP contribution >= 0.6 is 11.3 Å². The lowest BCUT2D eigenvalue weighted by Crippen LogP contribution is -2.50. The van der Waals surface area contributed by atoms with E-state index in [0.29, 0.717) is 43.3 Å². The van der Waals surface area contributed by atoms with Crippen LogP contribution in [-0.2, 0) is 0 Å². The maximum absolute atomic E-state index is 14.2. The van der Waals surface area contributed by atoms with Crippen LogP contribution in [0.3, 0.4) is 0 Å². The summed E-state index contributed by atoms with van der Waals surface area (Å²) in [6, 6.07) is 4.96. The van der Waals surface area contributed by atoms with Crippen molar-refractivity contribution in [1.82, 2.24) is 15.0 Å². The van der Waals surface area contributed by atoms with E-state index in [2.05, 4.69) is 20.4 Å². The van der Waals surface area contributed by atoms with Crippen LogP contribution in [0.2, 0.25) is 0 Å². The van der Waals surface area contributed by atoms with Gasteiger partial charge in [-0.1, -0.05) is 11.2 Å². The third-order valence-corrected chi connectivity index (χ3v) is 6.01. The molecular formula is C20H22FN5O2S. The largest absolute Gasteiger partial charge is 0.345 e. The highest BCUT2D eigenvalue weighted by Gasteiger charge is 2.24. The number of nitrogens with zero attached hydrogens (tertiary/aromatic N) is 4. The number of piperazine rings is 1. The molecule has 1 fully saturated rings. The van der Waals surface area contributed by atoms with Crippen LogP contribution in [0.15, 0.2) is 28.1 Å². The summed E-state index contributed by atoms with van der Waals surface area (Å²) >= 11 is 1.49. The lowest BCUT2D eigenvalue weighted by molar-refractivity contribution is 0.207. The van der Waals surface area contributed by atoms with Gasteiger partial charge in [0.25, 0.3) is 0 Å². The number of hydrogen-bond donors (Lipinski definition) is 1. The molecule has 7 nitrogen and oxygen atoms in total. The molecule has 1 aliphatic heterocycles. The number of anilines is 2. The fourth-order valence-electron chi connectivity index (χ4n) is 3.17. The number of halogens is 1. The topological polar surface area (TPSA) is 74.5 Å². The van der Waals surface area contributed by atoms with Gasteiger partial charge in [0.2, 0.25) is 5.88 Å². The summed E-state index contributed by atoms with van der Waals surface area (Å²) in [6.07, 6.45) is 0. The van der Waals surface area contributed by atoms with Crippen molar-refractivity contribution in [3.8, 4) is 11.3 Å². The van der Waals surface area contributed by atoms with Crippen LogP contribution in [0.5, 0.6) is 0 Å². The molecule has 0 aliphatic carbocycles. The van der Waals surface area contributed by atoms with Crippen molar-refractivity contribution in [3.63, 3.8) is 0 Å². The fourth-order valence-corrected chi connectivity index (χ4v) is 4.05.